The molecule has 1 aromatic carbocycles. The van der Waals surface area contributed by atoms with Gasteiger partial charge in [-0.05, 0) is 37.6 Å². The van der Waals surface area contributed by atoms with Gasteiger partial charge in [-0.2, -0.15) is 0 Å². The van der Waals surface area contributed by atoms with Gasteiger partial charge in [0.25, 0.3) is 5.91 Å². The molecular weight excluding hydrogens is 357 g/mol. The minimum atomic E-state index is -0.462. The van der Waals surface area contributed by atoms with Crippen LogP contribution in [0.2, 0.25) is 10.0 Å². The topological polar surface area (TPSA) is 55.4 Å². The Labute approximate surface area is 148 Å². The zero-order valence-electron chi connectivity index (χ0n) is 12.6. The molecule has 1 heterocycles. The van der Waals surface area contributed by atoms with E-state index in [9.17, 15) is 9.59 Å². The van der Waals surface area contributed by atoms with Crippen LogP contribution < -0.4 is 5.32 Å². The Kier molecular flexibility index (Phi) is 6.04. The van der Waals surface area contributed by atoms with Crippen LogP contribution in [-0.4, -0.2) is 18.5 Å². The van der Waals surface area contributed by atoms with Gasteiger partial charge in [0.05, 0.1) is 22.8 Å². The van der Waals surface area contributed by atoms with E-state index in [1.165, 1.54) is 17.4 Å². The Morgan fingerprint density at radius 3 is 2.57 bits per heavy atom. The molecule has 23 heavy (non-hydrogen) atoms. The molecule has 0 atom stereocenters. The number of esters is 1. The molecule has 0 saturated heterocycles. The number of hydrogen-bond donors (Lipinski definition) is 1. The number of rotatable bonds is 5. The summed E-state index contributed by atoms with van der Waals surface area (Å²) in [4.78, 5) is 25.4. The first-order chi connectivity index (χ1) is 11.0. The van der Waals surface area contributed by atoms with Gasteiger partial charge in [-0.1, -0.05) is 30.1 Å². The van der Waals surface area contributed by atoms with Crippen molar-refractivity contribution in [3.63, 3.8) is 0 Å². The van der Waals surface area contributed by atoms with E-state index in [2.05, 4.69) is 5.32 Å². The summed E-state index contributed by atoms with van der Waals surface area (Å²) in [6.45, 7) is 3.97. The van der Waals surface area contributed by atoms with Crippen molar-refractivity contribution in [1.82, 2.24) is 0 Å². The van der Waals surface area contributed by atoms with Gasteiger partial charge in [-0.3, -0.25) is 4.79 Å². The second kappa shape index (κ2) is 7.81. The van der Waals surface area contributed by atoms with Crippen LogP contribution in [0.1, 0.15) is 39.4 Å². The predicted molar refractivity (Wildman–Crippen MR) is 94.1 cm³/mol. The number of carbonyl (C=O) groups excluding carboxylic acids is 2. The van der Waals surface area contributed by atoms with Crippen molar-refractivity contribution in [2.24, 2.45) is 0 Å². The quantitative estimate of drug-likeness (QED) is 0.748. The lowest BCUT2D eigenvalue weighted by molar-refractivity contribution is 0.0528. The summed E-state index contributed by atoms with van der Waals surface area (Å²) in [6.07, 6.45) is 0.755. The van der Waals surface area contributed by atoms with Crippen LogP contribution in [0.15, 0.2) is 24.3 Å². The van der Waals surface area contributed by atoms with Gasteiger partial charge in [-0.25, -0.2) is 4.79 Å². The first kappa shape index (κ1) is 17.8. The van der Waals surface area contributed by atoms with Crippen molar-refractivity contribution in [3.8, 4) is 0 Å². The van der Waals surface area contributed by atoms with E-state index in [0.29, 0.717) is 15.6 Å². The van der Waals surface area contributed by atoms with Crippen LogP contribution in [0.4, 0.5) is 5.00 Å². The van der Waals surface area contributed by atoms with Crippen LogP contribution in [0.3, 0.4) is 0 Å². The molecule has 2 aromatic rings. The van der Waals surface area contributed by atoms with E-state index in [-0.39, 0.29) is 17.2 Å². The number of halogens is 2. The summed E-state index contributed by atoms with van der Waals surface area (Å²) in [5, 5.41) is 3.87. The molecule has 122 valence electrons. The third-order valence-electron chi connectivity index (χ3n) is 3.03. The molecule has 0 aliphatic carbocycles. The van der Waals surface area contributed by atoms with Gasteiger partial charge in [-0.15, -0.1) is 11.3 Å². The van der Waals surface area contributed by atoms with Gasteiger partial charge < -0.3 is 10.1 Å². The predicted octanol–water partition coefficient (Wildman–Crippen LogP) is 5.05. The highest BCUT2D eigenvalue weighted by atomic mass is 35.5. The second-order valence-corrected chi connectivity index (χ2v) is 6.59. The third kappa shape index (κ3) is 4.25. The first-order valence-electron chi connectivity index (χ1n) is 7.02. The average Bonchev–Trinajstić information content (AvgIpc) is 2.93. The lowest BCUT2D eigenvalue weighted by atomic mass is 10.2. The number of carbonyl (C=O) groups is 2. The summed E-state index contributed by atoms with van der Waals surface area (Å²) >= 11 is 13.3. The Morgan fingerprint density at radius 1 is 1.17 bits per heavy atom. The lowest BCUT2D eigenvalue weighted by Crippen LogP contribution is -2.14. The Balaban J connectivity index is 2.31. The van der Waals surface area contributed by atoms with Crippen molar-refractivity contribution in [2.75, 3.05) is 11.9 Å². The summed E-state index contributed by atoms with van der Waals surface area (Å²) in [6, 6.07) is 6.37. The van der Waals surface area contributed by atoms with Gasteiger partial charge >= 0.3 is 5.97 Å². The fourth-order valence-electron chi connectivity index (χ4n) is 1.91. The molecule has 1 amide bonds. The Hall–Kier alpha value is -1.56. The maximum atomic E-state index is 12.4. The second-order valence-electron chi connectivity index (χ2n) is 4.61. The van der Waals surface area contributed by atoms with E-state index in [4.69, 9.17) is 27.9 Å². The number of thiophene rings is 1. The molecule has 0 saturated carbocycles. The molecule has 7 heteroatoms. The first-order valence-corrected chi connectivity index (χ1v) is 8.59. The molecule has 0 radical (unpaired) electrons. The molecule has 0 fully saturated rings. The highest BCUT2D eigenvalue weighted by molar-refractivity contribution is 7.16. The van der Waals surface area contributed by atoms with Crippen molar-refractivity contribution in [3.05, 3.63) is 50.3 Å². The SMILES string of the molecule is CCOC(=O)c1cc(CC)sc1NC(=O)c1cc(Cl)ccc1Cl. The van der Waals surface area contributed by atoms with Crippen LogP contribution in [-0.2, 0) is 11.2 Å². The minimum Gasteiger partial charge on any atom is -0.462 e. The van der Waals surface area contributed by atoms with Crippen LogP contribution in [0.5, 0.6) is 0 Å². The summed E-state index contributed by atoms with van der Waals surface area (Å²) < 4.78 is 5.03. The number of ether oxygens (including phenoxy) is 1. The van der Waals surface area contributed by atoms with E-state index >= 15 is 0 Å². The molecule has 1 N–H and O–H groups in total. The molecule has 0 unspecified atom stereocenters. The van der Waals surface area contributed by atoms with E-state index in [1.807, 2.05) is 6.92 Å². The highest BCUT2D eigenvalue weighted by Gasteiger charge is 2.20. The largest absolute Gasteiger partial charge is 0.462 e. The number of amides is 1. The number of aryl methyl sites for hydroxylation is 1. The molecule has 0 bridgehead atoms. The maximum absolute atomic E-state index is 12.4. The average molecular weight is 372 g/mol. The van der Waals surface area contributed by atoms with Crippen LogP contribution in [0.25, 0.3) is 0 Å². The summed E-state index contributed by atoms with van der Waals surface area (Å²) in [5.74, 6) is -0.886. The van der Waals surface area contributed by atoms with Gasteiger partial charge in [0, 0.05) is 9.90 Å². The lowest BCUT2D eigenvalue weighted by Gasteiger charge is -2.07. The van der Waals surface area contributed by atoms with E-state index in [1.54, 1.807) is 25.1 Å². The van der Waals surface area contributed by atoms with Gasteiger partial charge in [0.1, 0.15) is 5.00 Å². The van der Waals surface area contributed by atoms with Crippen molar-refractivity contribution >= 4 is 51.4 Å². The maximum Gasteiger partial charge on any atom is 0.341 e. The van der Waals surface area contributed by atoms with Crippen LogP contribution >= 0.6 is 34.5 Å². The van der Waals surface area contributed by atoms with E-state index < -0.39 is 11.9 Å². The van der Waals surface area contributed by atoms with Crippen LogP contribution in [0, 0.1) is 0 Å². The molecule has 0 aliphatic rings. The normalized spacial score (nSPS) is 10.4. The molecule has 1 aromatic heterocycles. The third-order valence-corrected chi connectivity index (χ3v) is 4.79. The fraction of sp³-hybridized carbons (Fsp3) is 0.250. The number of nitrogens with one attached hydrogen (secondary N) is 1. The fourth-order valence-corrected chi connectivity index (χ4v) is 3.27. The Morgan fingerprint density at radius 2 is 1.91 bits per heavy atom. The Bertz CT molecular complexity index is 743. The highest BCUT2D eigenvalue weighted by Crippen LogP contribution is 2.30. The van der Waals surface area contributed by atoms with Gasteiger partial charge in [0.15, 0.2) is 0 Å². The summed E-state index contributed by atoms with van der Waals surface area (Å²) in [7, 11) is 0. The van der Waals surface area contributed by atoms with Gasteiger partial charge in [0.2, 0.25) is 0 Å². The number of benzene rings is 1. The smallest absolute Gasteiger partial charge is 0.341 e. The minimum absolute atomic E-state index is 0.250. The van der Waals surface area contributed by atoms with E-state index in [0.717, 1.165) is 11.3 Å². The monoisotopic (exact) mass is 371 g/mol. The molecular formula is C16H15Cl2NO3S. The zero-order chi connectivity index (χ0) is 17.0. The molecule has 2 rings (SSSR count). The van der Waals surface area contributed by atoms with Crippen molar-refractivity contribution in [1.29, 1.82) is 0 Å². The zero-order valence-corrected chi connectivity index (χ0v) is 14.9. The molecule has 0 spiro atoms. The number of hydrogen-bond acceptors (Lipinski definition) is 4. The molecule has 0 aliphatic heterocycles. The molecule has 4 nitrogen and oxygen atoms in total. The standard InChI is InChI=1S/C16H15Cl2NO3S/c1-3-10-8-12(16(21)22-4-2)15(23-10)19-14(20)11-7-9(17)5-6-13(11)18/h5-8H,3-4H2,1-2H3,(H,19,20). The van der Waals surface area contributed by atoms with Crippen molar-refractivity contribution < 1.29 is 14.3 Å². The number of anilines is 1. The summed E-state index contributed by atoms with van der Waals surface area (Å²) in [5.41, 5.74) is 0.598. The van der Waals surface area contributed by atoms with Crippen molar-refractivity contribution in [2.45, 2.75) is 20.3 Å².